The molecule has 2 nitrogen and oxygen atoms in total. The van der Waals surface area contributed by atoms with Gasteiger partial charge in [-0.3, -0.25) is 0 Å². The summed E-state index contributed by atoms with van der Waals surface area (Å²) in [5.41, 5.74) is 0. The molecular formula is C10H10IO2S2+. The lowest BCUT2D eigenvalue weighted by Crippen LogP contribution is -3.61. The first-order valence-corrected chi connectivity index (χ1v) is 8.15. The third-order valence-electron chi connectivity index (χ3n) is 1.76. The van der Waals surface area contributed by atoms with Gasteiger partial charge in [0.05, 0.1) is 13.2 Å². The first kappa shape index (κ1) is 11.5. The predicted octanol–water partition coefficient (Wildman–Crippen LogP) is -1.08. The van der Waals surface area contributed by atoms with Crippen LogP contribution < -0.4 is 21.2 Å². The highest BCUT2D eigenvalue weighted by molar-refractivity contribution is 7.10. The quantitative estimate of drug-likeness (QED) is 0.687. The van der Waals surface area contributed by atoms with Crippen LogP contribution in [0, 0.1) is 5.77 Å². The van der Waals surface area contributed by atoms with E-state index in [0.717, 1.165) is 9.75 Å². The van der Waals surface area contributed by atoms with Gasteiger partial charge < -0.3 is 10.2 Å². The van der Waals surface area contributed by atoms with Crippen molar-refractivity contribution in [2.24, 2.45) is 0 Å². The molecule has 0 aliphatic carbocycles. The summed E-state index contributed by atoms with van der Waals surface area (Å²) in [4.78, 5) is 2.06. The van der Waals surface area contributed by atoms with Crippen LogP contribution in [0.5, 0.6) is 0 Å². The van der Waals surface area contributed by atoms with Crippen molar-refractivity contribution in [3.05, 3.63) is 39.8 Å². The molecule has 2 aromatic rings. The van der Waals surface area contributed by atoms with E-state index in [1.54, 1.807) is 22.7 Å². The number of hydrogen-bond acceptors (Lipinski definition) is 4. The molecule has 0 unspecified atom stereocenters. The van der Waals surface area contributed by atoms with Crippen molar-refractivity contribution < 1.29 is 31.4 Å². The number of halogens is 1. The molecule has 2 aromatic heterocycles. The summed E-state index contributed by atoms with van der Waals surface area (Å²) in [5.74, 6) is 0. The Hall–Kier alpha value is 0.0500. The van der Waals surface area contributed by atoms with Crippen LogP contribution in [0.3, 0.4) is 0 Å². The molecule has 0 aliphatic rings. The van der Waals surface area contributed by atoms with Crippen LogP contribution in [-0.2, 0) is 13.2 Å². The summed E-state index contributed by atoms with van der Waals surface area (Å²) in [6.45, 7) is 0.279. The van der Waals surface area contributed by atoms with Crippen molar-refractivity contribution in [3.63, 3.8) is 0 Å². The fourth-order valence-electron chi connectivity index (χ4n) is 1.07. The zero-order chi connectivity index (χ0) is 10.7. The van der Waals surface area contributed by atoms with Gasteiger partial charge >= 0.3 is 21.2 Å². The van der Waals surface area contributed by atoms with Crippen molar-refractivity contribution in [2.75, 3.05) is 0 Å². The van der Waals surface area contributed by atoms with Crippen LogP contribution in [-0.4, -0.2) is 10.2 Å². The van der Waals surface area contributed by atoms with Gasteiger partial charge in [0.25, 0.3) is 0 Å². The molecule has 2 N–H and O–H groups in total. The molecule has 0 amide bonds. The molecule has 0 atom stereocenters. The Morgan fingerprint density at radius 3 is 1.67 bits per heavy atom. The molecule has 0 bridgehead atoms. The Bertz CT molecular complexity index is 396. The van der Waals surface area contributed by atoms with Crippen molar-refractivity contribution in [2.45, 2.75) is 13.2 Å². The summed E-state index contributed by atoms with van der Waals surface area (Å²) in [6, 6.07) is 8.17. The SMILES string of the molecule is OCc1ccc([I+]c2ccc(CO)s2)s1. The largest absolute Gasteiger partial charge is 0.391 e. The first-order chi connectivity index (χ1) is 7.31. The molecular weight excluding hydrogens is 343 g/mol. The summed E-state index contributed by atoms with van der Waals surface area (Å²) < 4.78 is 2.73. The van der Waals surface area contributed by atoms with Gasteiger partial charge in [0.1, 0.15) is 0 Å². The average Bonchev–Trinajstić information content (AvgIpc) is 2.87. The van der Waals surface area contributed by atoms with Crippen LogP contribution in [0.2, 0.25) is 0 Å². The molecule has 2 rings (SSSR count). The van der Waals surface area contributed by atoms with E-state index in [2.05, 4.69) is 12.1 Å². The summed E-state index contributed by atoms with van der Waals surface area (Å²) in [6.07, 6.45) is 0. The van der Waals surface area contributed by atoms with Crippen LogP contribution >= 0.6 is 22.7 Å². The van der Waals surface area contributed by atoms with Crippen molar-refractivity contribution in [1.29, 1.82) is 0 Å². The molecule has 0 saturated carbocycles. The topological polar surface area (TPSA) is 40.5 Å². The van der Waals surface area contributed by atoms with E-state index in [1.165, 1.54) is 5.77 Å². The highest BCUT2D eigenvalue weighted by atomic mass is 127. The molecule has 0 aliphatic heterocycles. The molecule has 15 heavy (non-hydrogen) atoms. The monoisotopic (exact) mass is 353 g/mol. The second-order valence-corrected chi connectivity index (χ2v) is 9.49. The maximum atomic E-state index is 8.95. The van der Waals surface area contributed by atoms with Gasteiger partial charge in [-0.25, -0.2) is 0 Å². The Labute approximate surface area is 106 Å². The van der Waals surface area contributed by atoms with Crippen LogP contribution in [0.15, 0.2) is 24.3 Å². The zero-order valence-electron chi connectivity index (χ0n) is 7.81. The minimum atomic E-state index is -0.127. The van der Waals surface area contributed by atoms with E-state index in [9.17, 15) is 0 Å². The number of aliphatic hydroxyl groups is 2. The minimum Gasteiger partial charge on any atom is -0.391 e. The van der Waals surface area contributed by atoms with Crippen LogP contribution in [0.25, 0.3) is 0 Å². The molecule has 2 heterocycles. The van der Waals surface area contributed by atoms with E-state index >= 15 is 0 Å². The first-order valence-electron chi connectivity index (χ1n) is 4.36. The highest BCUT2D eigenvalue weighted by Gasteiger charge is 2.20. The number of thiophene rings is 2. The third kappa shape index (κ3) is 3.01. The second kappa shape index (κ2) is 5.40. The van der Waals surface area contributed by atoms with E-state index in [1.807, 2.05) is 12.1 Å². The minimum absolute atomic E-state index is 0.127. The standard InChI is InChI=1S/C10H10IO2S2/c12-5-7-1-3-9(14-7)11-10-4-2-8(6-13)15-10/h1-4,12-13H,5-6H2/q+1. The normalized spacial score (nSPS) is 10.8. The van der Waals surface area contributed by atoms with E-state index in [0.29, 0.717) is 0 Å². The fourth-order valence-corrected chi connectivity index (χ4v) is 7.36. The molecule has 0 radical (unpaired) electrons. The predicted molar refractivity (Wildman–Crippen MR) is 57.9 cm³/mol. The maximum Gasteiger partial charge on any atom is 0.381 e. The number of hydrogen-bond donors (Lipinski definition) is 2. The molecule has 0 spiro atoms. The lowest BCUT2D eigenvalue weighted by molar-refractivity contribution is -0.585. The summed E-state index contributed by atoms with van der Waals surface area (Å²) in [5, 5.41) is 17.9. The Kier molecular flexibility index (Phi) is 4.15. The lowest BCUT2D eigenvalue weighted by atomic mass is 10.5. The van der Waals surface area contributed by atoms with Crippen molar-refractivity contribution in [3.8, 4) is 0 Å². The van der Waals surface area contributed by atoms with Crippen molar-refractivity contribution in [1.82, 2.24) is 0 Å². The van der Waals surface area contributed by atoms with Gasteiger partial charge in [0.15, 0.2) is 0 Å². The summed E-state index contributed by atoms with van der Waals surface area (Å²) in [7, 11) is 0. The van der Waals surface area contributed by atoms with Gasteiger partial charge in [-0.05, 0) is 12.1 Å². The van der Waals surface area contributed by atoms with E-state index in [-0.39, 0.29) is 34.4 Å². The smallest absolute Gasteiger partial charge is 0.381 e. The van der Waals surface area contributed by atoms with Crippen LogP contribution in [0.4, 0.5) is 0 Å². The third-order valence-corrected chi connectivity index (χ3v) is 7.61. The van der Waals surface area contributed by atoms with Gasteiger partial charge in [0, 0.05) is 21.9 Å². The molecule has 0 aromatic carbocycles. The van der Waals surface area contributed by atoms with Gasteiger partial charge in [0.2, 0.25) is 5.77 Å². The van der Waals surface area contributed by atoms with E-state index in [4.69, 9.17) is 10.2 Å². The summed E-state index contributed by atoms with van der Waals surface area (Å²) >= 11 is 3.25. The zero-order valence-corrected chi connectivity index (χ0v) is 11.6. The number of aliphatic hydroxyl groups excluding tert-OH is 2. The molecule has 0 fully saturated rings. The molecule has 5 heteroatoms. The molecule has 80 valence electrons. The Balaban J connectivity index is 2.07. The van der Waals surface area contributed by atoms with Crippen molar-refractivity contribution >= 4 is 22.7 Å². The van der Waals surface area contributed by atoms with Gasteiger partial charge in [-0.2, -0.15) is 0 Å². The maximum absolute atomic E-state index is 8.95. The Morgan fingerprint density at radius 2 is 1.33 bits per heavy atom. The average molecular weight is 353 g/mol. The van der Waals surface area contributed by atoms with Crippen LogP contribution in [0.1, 0.15) is 9.75 Å². The van der Waals surface area contributed by atoms with E-state index < -0.39 is 0 Å². The lowest BCUT2D eigenvalue weighted by Gasteiger charge is -1.80. The fraction of sp³-hybridized carbons (Fsp3) is 0.200. The molecule has 0 saturated heterocycles. The number of rotatable bonds is 4. The highest BCUT2D eigenvalue weighted by Crippen LogP contribution is 2.10. The Morgan fingerprint density at radius 1 is 0.867 bits per heavy atom. The van der Waals surface area contributed by atoms with Gasteiger partial charge in [-0.15, -0.1) is 0 Å². The van der Waals surface area contributed by atoms with Gasteiger partial charge in [-0.1, -0.05) is 22.7 Å². The second-order valence-electron chi connectivity index (χ2n) is 2.82.